The number of fused-ring (bicyclic) bond motifs is 1. The largest absolute Gasteiger partial charge is 0.445 e. The third-order valence-electron chi connectivity index (χ3n) is 4.94. The van der Waals surface area contributed by atoms with Crippen LogP contribution < -0.4 is 0 Å². The maximum atomic E-state index is 12.8. The van der Waals surface area contributed by atoms with Crippen LogP contribution in [-0.4, -0.2) is 57.8 Å². The molecular weight excluding hydrogens is 376 g/mol. The van der Waals surface area contributed by atoms with Gasteiger partial charge in [-0.15, -0.1) is 11.3 Å². The number of carbonyl (C=O) groups excluding carboxylic acids is 2. The Labute approximate surface area is 167 Å². The lowest BCUT2D eigenvalue weighted by molar-refractivity contribution is 0.0547. The van der Waals surface area contributed by atoms with Gasteiger partial charge in [0.25, 0.3) is 5.91 Å². The van der Waals surface area contributed by atoms with Crippen LogP contribution in [0.3, 0.4) is 0 Å². The highest BCUT2D eigenvalue weighted by Crippen LogP contribution is 2.28. The van der Waals surface area contributed by atoms with Gasteiger partial charge in [-0.25, -0.2) is 4.79 Å². The molecule has 1 aliphatic heterocycles. The lowest BCUT2D eigenvalue weighted by atomic mass is 10.2. The Balaban J connectivity index is 1.33. The SMILES string of the molecule is Cc1nn(C)c2sc(C(=O)N3CCN(C(=O)OCc4ccccc4)CC3)cc12. The molecule has 0 unspecified atom stereocenters. The summed E-state index contributed by atoms with van der Waals surface area (Å²) < 4.78 is 7.19. The molecule has 2 aromatic heterocycles. The fraction of sp³-hybridized carbons (Fsp3) is 0.350. The number of amides is 2. The maximum Gasteiger partial charge on any atom is 0.410 e. The molecule has 0 aliphatic carbocycles. The van der Waals surface area contributed by atoms with Gasteiger partial charge < -0.3 is 14.5 Å². The normalized spacial score (nSPS) is 14.5. The van der Waals surface area contributed by atoms with E-state index in [-0.39, 0.29) is 18.6 Å². The van der Waals surface area contributed by atoms with E-state index < -0.39 is 0 Å². The standard InChI is InChI=1S/C20H22N4O3S/c1-14-16-12-17(28-19(16)22(2)21-14)18(25)23-8-10-24(11-9-23)20(26)27-13-15-6-4-3-5-7-15/h3-7,12H,8-11,13H2,1-2H3. The van der Waals surface area contributed by atoms with Crippen LogP contribution in [0, 0.1) is 6.92 Å². The van der Waals surface area contributed by atoms with Gasteiger partial charge in [-0.2, -0.15) is 5.10 Å². The monoisotopic (exact) mass is 398 g/mol. The van der Waals surface area contributed by atoms with E-state index in [4.69, 9.17) is 4.74 Å². The summed E-state index contributed by atoms with van der Waals surface area (Å²) in [5.41, 5.74) is 1.89. The van der Waals surface area contributed by atoms with E-state index in [1.807, 2.05) is 55.1 Å². The van der Waals surface area contributed by atoms with Crippen LogP contribution in [0.4, 0.5) is 4.79 Å². The number of nitrogens with zero attached hydrogens (tertiary/aromatic N) is 4. The molecule has 0 bridgehead atoms. The molecule has 28 heavy (non-hydrogen) atoms. The van der Waals surface area contributed by atoms with Gasteiger partial charge in [0.1, 0.15) is 11.4 Å². The second-order valence-electron chi connectivity index (χ2n) is 6.86. The smallest absolute Gasteiger partial charge is 0.410 e. The molecule has 1 aliphatic rings. The highest BCUT2D eigenvalue weighted by atomic mass is 32.1. The Bertz CT molecular complexity index is 969. The molecule has 146 valence electrons. The summed E-state index contributed by atoms with van der Waals surface area (Å²) in [6.07, 6.45) is -0.334. The predicted octanol–water partition coefficient (Wildman–Crippen LogP) is 3.04. The minimum Gasteiger partial charge on any atom is -0.445 e. The van der Waals surface area contributed by atoms with Crippen molar-refractivity contribution in [3.05, 3.63) is 52.5 Å². The summed E-state index contributed by atoms with van der Waals surface area (Å²) in [6.45, 7) is 4.17. The molecule has 3 aromatic rings. The summed E-state index contributed by atoms with van der Waals surface area (Å²) >= 11 is 1.46. The number of ether oxygens (including phenoxy) is 1. The molecule has 1 aromatic carbocycles. The number of hydrogen-bond donors (Lipinski definition) is 0. The minimum atomic E-state index is -0.334. The molecule has 0 atom stereocenters. The first-order chi connectivity index (χ1) is 13.5. The Hall–Kier alpha value is -2.87. The Morgan fingerprint density at radius 1 is 1.11 bits per heavy atom. The summed E-state index contributed by atoms with van der Waals surface area (Å²) in [5, 5.41) is 5.40. The molecule has 0 N–H and O–H groups in total. The molecule has 3 heterocycles. The topological polar surface area (TPSA) is 67.7 Å². The first kappa shape index (κ1) is 18.5. The number of benzene rings is 1. The van der Waals surface area contributed by atoms with Crippen molar-refractivity contribution in [1.29, 1.82) is 0 Å². The molecular formula is C20H22N4O3S. The number of aromatic nitrogens is 2. The first-order valence-electron chi connectivity index (χ1n) is 9.21. The fourth-order valence-corrected chi connectivity index (χ4v) is 4.46. The van der Waals surface area contributed by atoms with Gasteiger partial charge in [-0.1, -0.05) is 30.3 Å². The Kier molecular flexibility index (Phi) is 5.04. The van der Waals surface area contributed by atoms with Crippen molar-refractivity contribution >= 4 is 33.6 Å². The fourth-order valence-electron chi connectivity index (χ4n) is 3.37. The van der Waals surface area contributed by atoms with Crippen LogP contribution in [0.15, 0.2) is 36.4 Å². The van der Waals surface area contributed by atoms with Crippen LogP contribution in [-0.2, 0) is 18.4 Å². The summed E-state index contributed by atoms with van der Waals surface area (Å²) in [5.74, 6) is 0.0119. The van der Waals surface area contributed by atoms with Gasteiger partial charge in [-0.05, 0) is 18.6 Å². The zero-order chi connectivity index (χ0) is 19.7. The van der Waals surface area contributed by atoms with Crippen LogP contribution in [0.25, 0.3) is 10.2 Å². The van der Waals surface area contributed by atoms with E-state index in [2.05, 4.69) is 5.10 Å². The first-order valence-corrected chi connectivity index (χ1v) is 10.0. The van der Waals surface area contributed by atoms with Gasteiger partial charge in [0.2, 0.25) is 0 Å². The summed E-state index contributed by atoms with van der Waals surface area (Å²) in [7, 11) is 1.89. The summed E-state index contributed by atoms with van der Waals surface area (Å²) in [6, 6.07) is 11.5. The Morgan fingerprint density at radius 3 is 2.46 bits per heavy atom. The zero-order valence-electron chi connectivity index (χ0n) is 15.9. The van der Waals surface area contributed by atoms with E-state index in [9.17, 15) is 9.59 Å². The highest BCUT2D eigenvalue weighted by Gasteiger charge is 2.27. The molecule has 7 nitrogen and oxygen atoms in total. The third-order valence-corrected chi connectivity index (χ3v) is 6.13. The molecule has 4 rings (SSSR count). The molecule has 8 heteroatoms. The van der Waals surface area contributed by atoms with Crippen LogP contribution in [0.2, 0.25) is 0 Å². The van der Waals surface area contributed by atoms with E-state index >= 15 is 0 Å². The number of piperazine rings is 1. The van der Waals surface area contributed by atoms with Gasteiger partial charge in [0.15, 0.2) is 0 Å². The quantitative estimate of drug-likeness (QED) is 0.680. The second-order valence-corrected chi connectivity index (χ2v) is 7.89. The molecule has 0 spiro atoms. The number of hydrogen-bond acceptors (Lipinski definition) is 5. The number of carbonyl (C=O) groups is 2. The number of thiophene rings is 1. The van der Waals surface area contributed by atoms with Crippen molar-refractivity contribution in [2.24, 2.45) is 7.05 Å². The Morgan fingerprint density at radius 2 is 1.79 bits per heavy atom. The average Bonchev–Trinajstić information content (AvgIpc) is 3.28. The van der Waals surface area contributed by atoms with Crippen molar-refractivity contribution in [1.82, 2.24) is 19.6 Å². The predicted molar refractivity (Wildman–Crippen MR) is 107 cm³/mol. The van der Waals surface area contributed by atoms with Crippen LogP contribution in [0.5, 0.6) is 0 Å². The molecule has 0 radical (unpaired) electrons. The second kappa shape index (κ2) is 7.63. The average molecular weight is 398 g/mol. The third kappa shape index (κ3) is 3.60. The molecule has 0 saturated carbocycles. The van der Waals surface area contributed by atoms with Crippen LogP contribution in [0.1, 0.15) is 20.9 Å². The van der Waals surface area contributed by atoms with E-state index in [0.717, 1.165) is 21.5 Å². The molecule has 1 fully saturated rings. The number of rotatable bonds is 3. The lowest BCUT2D eigenvalue weighted by Crippen LogP contribution is -2.50. The maximum absolute atomic E-state index is 12.8. The van der Waals surface area contributed by atoms with Gasteiger partial charge in [0.05, 0.1) is 10.6 Å². The zero-order valence-corrected chi connectivity index (χ0v) is 16.7. The van der Waals surface area contributed by atoms with Crippen molar-refractivity contribution in [2.75, 3.05) is 26.2 Å². The van der Waals surface area contributed by atoms with Crippen molar-refractivity contribution < 1.29 is 14.3 Å². The van der Waals surface area contributed by atoms with Crippen molar-refractivity contribution in [3.8, 4) is 0 Å². The van der Waals surface area contributed by atoms with Gasteiger partial charge in [-0.3, -0.25) is 9.48 Å². The minimum absolute atomic E-state index is 0.0119. The van der Waals surface area contributed by atoms with Crippen molar-refractivity contribution in [2.45, 2.75) is 13.5 Å². The molecule has 2 amide bonds. The summed E-state index contributed by atoms with van der Waals surface area (Å²) in [4.78, 5) is 30.3. The molecule has 1 saturated heterocycles. The van der Waals surface area contributed by atoms with E-state index in [1.165, 1.54) is 11.3 Å². The highest BCUT2D eigenvalue weighted by molar-refractivity contribution is 7.20. The lowest BCUT2D eigenvalue weighted by Gasteiger charge is -2.33. The van der Waals surface area contributed by atoms with Crippen molar-refractivity contribution in [3.63, 3.8) is 0 Å². The van der Waals surface area contributed by atoms with Gasteiger partial charge in [0, 0.05) is 38.6 Å². The van der Waals surface area contributed by atoms with E-state index in [1.54, 1.807) is 9.80 Å². The van der Waals surface area contributed by atoms with E-state index in [0.29, 0.717) is 31.1 Å². The van der Waals surface area contributed by atoms with Gasteiger partial charge >= 0.3 is 6.09 Å². The van der Waals surface area contributed by atoms with Crippen LogP contribution >= 0.6 is 11.3 Å². The number of aryl methyl sites for hydroxylation is 2.